The Kier molecular flexibility index (Phi) is 3.17. The standard InChI is InChI=1S/C11H14N2O3/c14-10-3-9(4-10)13-6-8-2-1-7(5-12-8)11(15)16/h1-2,5,9-10,13-14H,3-4,6H2,(H,15,16). The van der Waals surface area contributed by atoms with E-state index in [1.54, 1.807) is 12.1 Å². The average molecular weight is 222 g/mol. The SMILES string of the molecule is O=C(O)c1ccc(CNC2CC(O)C2)nc1. The van der Waals surface area contributed by atoms with Crippen LogP contribution in [0.4, 0.5) is 0 Å². The van der Waals surface area contributed by atoms with Gasteiger partial charge in [0.2, 0.25) is 0 Å². The van der Waals surface area contributed by atoms with Crippen molar-refractivity contribution in [1.82, 2.24) is 10.3 Å². The molecule has 86 valence electrons. The number of aliphatic hydroxyl groups excluding tert-OH is 1. The van der Waals surface area contributed by atoms with Gasteiger partial charge >= 0.3 is 5.97 Å². The number of carboxylic acids is 1. The Balaban J connectivity index is 1.83. The number of hydrogen-bond donors (Lipinski definition) is 3. The maximum atomic E-state index is 10.6. The van der Waals surface area contributed by atoms with Crippen molar-refractivity contribution in [3.05, 3.63) is 29.6 Å². The molecule has 0 bridgehead atoms. The Labute approximate surface area is 93.1 Å². The Morgan fingerprint density at radius 3 is 2.75 bits per heavy atom. The van der Waals surface area contributed by atoms with Gasteiger partial charge in [0.25, 0.3) is 0 Å². The molecule has 0 unspecified atom stereocenters. The summed E-state index contributed by atoms with van der Waals surface area (Å²) >= 11 is 0. The van der Waals surface area contributed by atoms with Crippen LogP contribution in [0.2, 0.25) is 0 Å². The summed E-state index contributed by atoms with van der Waals surface area (Å²) in [5.74, 6) is -0.964. The zero-order valence-electron chi connectivity index (χ0n) is 8.76. The Morgan fingerprint density at radius 2 is 2.25 bits per heavy atom. The number of hydrogen-bond acceptors (Lipinski definition) is 4. The van der Waals surface area contributed by atoms with Gasteiger partial charge in [-0.3, -0.25) is 4.98 Å². The van der Waals surface area contributed by atoms with Crippen molar-refractivity contribution in [2.75, 3.05) is 0 Å². The zero-order valence-corrected chi connectivity index (χ0v) is 8.76. The van der Waals surface area contributed by atoms with Crippen molar-refractivity contribution < 1.29 is 15.0 Å². The average Bonchev–Trinajstić information content (AvgIpc) is 2.23. The van der Waals surface area contributed by atoms with Crippen molar-refractivity contribution in [2.45, 2.75) is 31.5 Å². The number of aromatic carboxylic acids is 1. The minimum Gasteiger partial charge on any atom is -0.478 e. The summed E-state index contributed by atoms with van der Waals surface area (Å²) in [5.41, 5.74) is 1.01. The normalized spacial score (nSPS) is 23.8. The largest absolute Gasteiger partial charge is 0.478 e. The third kappa shape index (κ3) is 2.56. The molecule has 5 nitrogen and oxygen atoms in total. The highest BCUT2D eigenvalue weighted by Crippen LogP contribution is 2.19. The summed E-state index contributed by atoms with van der Waals surface area (Å²) in [6.45, 7) is 0.608. The van der Waals surface area contributed by atoms with Crippen LogP contribution in [0.5, 0.6) is 0 Å². The first-order valence-corrected chi connectivity index (χ1v) is 5.25. The number of pyridine rings is 1. The Morgan fingerprint density at radius 1 is 1.50 bits per heavy atom. The maximum Gasteiger partial charge on any atom is 0.337 e. The zero-order chi connectivity index (χ0) is 11.5. The second kappa shape index (κ2) is 4.59. The topological polar surface area (TPSA) is 82.5 Å². The van der Waals surface area contributed by atoms with Crippen LogP contribution in [-0.4, -0.2) is 33.3 Å². The second-order valence-corrected chi connectivity index (χ2v) is 4.05. The van der Waals surface area contributed by atoms with Gasteiger partial charge < -0.3 is 15.5 Å². The van der Waals surface area contributed by atoms with E-state index in [0.29, 0.717) is 12.6 Å². The number of carboxylic acid groups (broad SMARTS) is 1. The fourth-order valence-corrected chi connectivity index (χ4v) is 1.66. The minimum atomic E-state index is -0.964. The van der Waals surface area contributed by atoms with E-state index in [9.17, 15) is 4.79 Å². The van der Waals surface area contributed by atoms with Gasteiger partial charge in [-0.05, 0) is 25.0 Å². The van der Waals surface area contributed by atoms with Gasteiger partial charge in [0, 0.05) is 18.8 Å². The molecule has 1 aliphatic carbocycles. The van der Waals surface area contributed by atoms with Gasteiger partial charge in [0.05, 0.1) is 17.4 Å². The van der Waals surface area contributed by atoms with E-state index in [-0.39, 0.29) is 11.7 Å². The number of nitrogens with one attached hydrogen (secondary N) is 1. The van der Waals surface area contributed by atoms with Crippen LogP contribution in [0, 0.1) is 0 Å². The molecule has 1 saturated carbocycles. The molecule has 0 aliphatic heterocycles. The van der Waals surface area contributed by atoms with Gasteiger partial charge in [-0.1, -0.05) is 0 Å². The van der Waals surface area contributed by atoms with E-state index in [1.165, 1.54) is 6.20 Å². The van der Waals surface area contributed by atoms with Crippen molar-refractivity contribution in [1.29, 1.82) is 0 Å². The lowest BCUT2D eigenvalue weighted by molar-refractivity contribution is 0.0617. The minimum absolute atomic E-state index is 0.167. The fourth-order valence-electron chi connectivity index (χ4n) is 1.66. The molecule has 2 rings (SSSR count). The van der Waals surface area contributed by atoms with Gasteiger partial charge in [0.15, 0.2) is 0 Å². The summed E-state index contributed by atoms with van der Waals surface area (Å²) in [4.78, 5) is 14.6. The lowest BCUT2D eigenvalue weighted by Crippen LogP contribution is -2.43. The monoisotopic (exact) mass is 222 g/mol. The number of rotatable bonds is 4. The summed E-state index contributed by atoms with van der Waals surface area (Å²) in [5, 5.41) is 21.0. The van der Waals surface area contributed by atoms with E-state index in [4.69, 9.17) is 10.2 Å². The molecule has 1 aromatic rings. The van der Waals surface area contributed by atoms with E-state index < -0.39 is 5.97 Å². The van der Waals surface area contributed by atoms with Crippen LogP contribution in [0.15, 0.2) is 18.3 Å². The van der Waals surface area contributed by atoms with Gasteiger partial charge in [-0.25, -0.2) is 4.79 Å². The molecule has 3 N–H and O–H groups in total. The summed E-state index contributed by atoms with van der Waals surface area (Å²) < 4.78 is 0. The molecule has 1 heterocycles. The van der Waals surface area contributed by atoms with E-state index >= 15 is 0 Å². The maximum absolute atomic E-state index is 10.6. The molecule has 5 heteroatoms. The molecular weight excluding hydrogens is 208 g/mol. The summed E-state index contributed by atoms with van der Waals surface area (Å²) in [6, 6.07) is 3.60. The summed E-state index contributed by atoms with van der Waals surface area (Å²) in [7, 11) is 0. The van der Waals surface area contributed by atoms with E-state index in [0.717, 1.165) is 18.5 Å². The van der Waals surface area contributed by atoms with Crippen molar-refractivity contribution >= 4 is 5.97 Å². The third-order valence-electron chi connectivity index (χ3n) is 2.76. The Bertz CT molecular complexity index is 371. The fraction of sp³-hybridized carbons (Fsp3) is 0.455. The first kappa shape index (κ1) is 11.0. The molecule has 0 saturated heterocycles. The molecule has 1 fully saturated rings. The van der Waals surface area contributed by atoms with E-state index in [1.807, 2.05) is 0 Å². The predicted octanol–water partition coefficient (Wildman–Crippen LogP) is 0.393. The predicted molar refractivity (Wildman–Crippen MR) is 57.1 cm³/mol. The van der Waals surface area contributed by atoms with Crippen LogP contribution in [0.25, 0.3) is 0 Å². The smallest absolute Gasteiger partial charge is 0.337 e. The first-order chi connectivity index (χ1) is 7.65. The molecule has 0 radical (unpaired) electrons. The van der Waals surface area contributed by atoms with Crippen LogP contribution >= 0.6 is 0 Å². The van der Waals surface area contributed by atoms with Crippen molar-refractivity contribution in [2.24, 2.45) is 0 Å². The van der Waals surface area contributed by atoms with Crippen LogP contribution in [0.1, 0.15) is 28.9 Å². The second-order valence-electron chi connectivity index (χ2n) is 4.05. The van der Waals surface area contributed by atoms with Crippen LogP contribution < -0.4 is 5.32 Å². The molecule has 0 amide bonds. The third-order valence-corrected chi connectivity index (χ3v) is 2.76. The quantitative estimate of drug-likeness (QED) is 0.686. The molecule has 1 aromatic heterocycles. The van der Waals surface area contributed by atoms with Gasteiger partial charge in [-0.15, -0.1) is 0 Å². The Hall–Kier alpha value is -1.46. The molecule has 0 aromatic carbocycles. The molecule has 16 heavy (non-hydrogen) atoms. The van der Waals surface area contributed by atoms with Crippen LogP contribution in [-0.2, 0) is 6.54 Å². The highest BCUT2D eigenvalue weighted by atomic mass is 16.4. The van der Waals surface area contributed by atoms with E-state index in [2.05, 4.69) is 10.3 Å². The number of nitrogens with zero attached hydrogens (tertiary/aromatic N) is 1. The number of carbonyl (C=O) groups is 1. The molecule has 0 atom stereocenters. The summed E-state index contributed by atoms with van der Waals surface area (Å²) in [6.07, 6.45) is 2.76. The molecule has 1 aliphatic rings. The number of aromatic nitrogens is 1. The van der Waals surface area contributed by atoms with Gasteiger partial charge in [-0.2, -0.15) is 0 Å². The molecular formula is C11H14N2O3. The lowest BCUT2D eigenvalue weighted by atomic mass is 9.89. The number of aliphatic hydroxyl groups is 1. The lowest BCUT2D eigenvalue weighted by Gasteiger charge is -2.32. The highest BCUT2D eigenvalue weighted by Gasteiger charge is 2.26. The van der Waals surface area contributed by atoms with Crippen molar-refractivity contribution in [3.63, 3.8) is 0 Å². The van der Waals surface area contributed by atoms with Crippen molar-refractivity contribution in [3.8, 4) is 0 Å². The first-order valence-electron chi connectivity index (χ1n) is 5.25. The van der Waals surface area contributed by atoms with Gasteiger partial charge in [0.1, 0.15) is 0 Å². The molecule has 0 spiro atoms. The van der Waals surface area contributed by atoms with Crippen LogP contribution in [0.3, 0.4) is 0 Å². The highest BCUT2D eigenvalue weighted by molar-refractivity contribution is 5.87.